The number of nitrogens with zero attached hydrogens (tertiary/aromatic N) is 4. The lowest BCUT2D eigenvalue weighted by molar-refractivity contribution is 0.0916. The molecule has 1 atom stereocenters. The lowest BCUT2D eigenvalue weighted by Gasteiger charge is -2.17. The van der Waals surface area contributed by atoms with Crippen LogP contribution in [0.25, 0.3) is 5.69 Å². The average Bonchev–Trinajstić information content (AvgIpc) is 3.07. The van der Waals surface area contributed by atoms with E-state index < -0.39 is 0 Å². The van der Waals surface area contributed by atoms with Gasteiger partial charge in [-0.15, -0.1) is 5.10 Å². The molecule has 0 radical (unpaired) electrons. The topological polar surface area (TPSA) is 92.9 Å². The Balaban J connectivity index is 1.80. The van der Waals surface area contributed by atoms with Crippen LogP contribution >= 0.6 is 0 Å². The van der Waals surface area contributed by atoms with Crippen LogP contribution in [0.2, 0.25) is 0 Å². The summed E-state index contributed by atoms with van der Waals surface area (Å²) in [5.74, 6) is 0.309. The molecule has 0 saturated carbocycles. The Labute approximate surface area is 145 Å². The van der Waals surface area contributed by atoms with E-state index in [0.29, 0.717) is 23.5 Å². The zero-order valence-corrected chi connectivity index (χ0v) is 13.8. The molecule has 3 aromatic rings. The molecule has 0 bridgehead atoms. The van der Waals surface area contributed by atoms with Gasteiger partial charge in [-0.2, -0.15) is 4.68 Å². The molecule has 2 aromatic carbocycles. The lowest BCUT2D eigenvalue weighted by atomic mass is 10.1. The molecule has 0 unspecified atom stereocenters. The minimum atomic E-state index is -0.377. The highest BCUT2D eigenvalue weighted by Gasteiger charge is 2.18. The molecule has 128 valence electrons. The van der Waals surface area contributed by atoms with Gasteiger partial charge in [0.2, 0.25) is 0 Å². The van der Waals surface area contributed by atoms with E-state index in [-0.39, 0.29) is 18.6 Å². The van der Waals surface area contributed by atoms with E-state index in [1.807, 2.05) is 36.4 Å². The highest BCUT2D eigenvalue weighted by Crippen LogP contribution is 2.15. The first-order valence-corrected chi connectivity index (χ1v) is 7.99. The first-order valence-electron chi connectivity index (χ1n) is 7.99. The predicted molar refractivity (Wildman–Crippen MR) is 92.4 cm³/mol. The van der Waals surface area contributed by atoms with Gasteiger partial charge in [-0.3, -0.25) is 4.79 Å². The maximum absolute atomic E-state index is 12.7. The fraction of sp³-hybridized carbons (Fsp3) is 0.222. The third kappa shape index (κ3) is 3.89. The molecule has 7 nitrogen and oxygen atoms in total. The zero-order valence-electron chi connectivity index (χ0n) is 13.8. The monoisotopic (exact) mass is 337 g/mol. The summed E-state index contributed by atoms with van der Waals surface area (Å²) in [6.07, 6.45) is 0.551. The second-order valence-electron chi connectivity index (χ2n) is 5.70. The summed E-state index contributed by atoms with van der Waals surface area (Å²) in [4.78, 5) is 12.7. The standard InChI is InChI=1S/C18H19N5O2/c1-13-20-21-22-23(13)17-10-6-5-9-16(17)18(25)19-15(12-24)11-14-7-3-2-4-8-14/h2-10,15,24H,11-12H2,1H3,(H,19,25)/t15-/m0/s1. The minimum Gasteiger partial charge on any atom is -0.394 e. The number of para-hydroxylation sites is 1. The molecular formula is C18H19N5O2. The van der Waals surface area contributed by atoms with E-state index in [1.165, 1.54) is 4.68 Å². The highest BCUT2D eigenvalue weighted by molar-refractivity contribution is 5.97. The number of aliphatic hydroxyl groups excluding tert-OH is 1. The zero-order chi connectivity index (χ0) is 17.6. The van der Waals surface area contributed by atoms with Crippen molar-refractivity contribution >= 4 is 5.91 Å². The van der Waals surface area contributed by atoms with Gasteiger partial charge in [-0.05, 0) is 41.5 Å². The Morgan fingerprint density at radius 1 is 1.16 bits per heavy atom. The predicted octanol–water partition coefficient (Wildman–Crippen LogP) is 1.30. The van der Waals surface area contributed by atoms with Crippen LogP contribution in [0.4, 0.5) is 0 Å². The molecule has 0 fully saturated rings. The summed E-state index contributed by atoms with van der Waals surface area (Å²) in [5.41, 5.74) is 2.09. The van der Waals surface area contributed by atoms with Gasteiger partial charge in [-0.1, -0.05) is 42.5 Å². The van der Waals surface area contributed by atoms with E-state index in [1.54, 1.807) is 25.1 Å². The number of carbonyl (C=O) groups excluding carboxylic acids is 1. The average molecular weight is 337 g/mol. The molecule has 0 aliphatic rings. The molecule has 0 aliphatic heterocycles. The van der Waals surface area contributed by atoms with Gasteiger partial charge >= 0.3 is 0 Å². The quantitative estimate of drug-likeness (QED) is 0.707. The van der Waals surface area contributed by atoms with Crippen molar-refractivity contribution in [2.24, 2.45) is 0 Å². The van der Waals surface area contributed by atoms with Crippen molar-refractivity contribution in [1.82, 2.24) is 25.5 Å². The number of hydrogen-bond donors (Lipinski definition) is 2. The van der Waals surface area contributed by atoms with Crippen molar-refractivity contribution in [3.63, 3.8) is 0 Å². The Bertz CT molecular complexity index is 847. The summed E-state index contributed by atoms with van der Waals surface area (Å²) in [5, 5.41) is 23.9. The smallest absolute Gasteiger partial charge is 0.253 e. The third-order valence-corrected chi connectivity index (χ3v) is 3.88. The largest absolute Gasteiger partial charge is 0.394 e. The fourth-order valence-electron chi connectivity index (χ4n) is 2.63. The van der Waals surface area contributed by atoms with Crippen molar-refractivity contribution in [2.75, 3.05) is 6.61 Å². The Morgan fingerprint density at radius 3 is 2.56 bits per heavy atom. The number of aryl methyl sites for hydroxylation is 1. The van der Waals surface area contributed by atoms with Crippen LogP contribution < -0.4 is 5.32 Å². The number of aromatic nitrogens is 4. The van der Waals surface area contributed by atoms with Crippen LogP contribution in [-0.2, 0) is 6.42 Å². The van der Waals surface area contributed by atoms with Crippen LogP contribution in [0.3, 0.4) is 0 Å². The van der Waals surface area contributed by atoms with Crippen molar-refractivity contribution in [3.8, 4) is 5.69 Å². The number of aliphatic hydroxyl groups is 1. The van der Waals surface area contributed by atoms with Gasteiger partial charge in [0.1, 0.15) is 0 Å². The van der Waals surface area contributed by atoms with Gasteiger partial charge in [0, 0.05) is 0 Å². The van der Waals surface area contributed by atoms with Crippen LogP contribution in [0.1, 0.15) is 21.7 Å². The second kappa shape index (κ2) is 7.67. The number of nitrogens with one attached hydrogen (secondary N) is 1. The number of carbonyl (C=O) groups is 1. The number of tetrazole rings is 1. The van der Waals surface area contributed by atoms with Crippen LogP contribution in [0.5, 0.6) is 0 Å². The number of benzene rings is 2. The van der Waals surface area contributed by atoms with Crippen LogP contribution in [-0.4, -0.2) is 43.9 Å². The van der Waals surface area contributed by atoms with Gasteiger partial charge < -0.3 is 10.4 Å². The van der Waals surface area contributed by atoms with Crippen molar-refractivity contribution in [2.45, 2.75) is 19.4 Å². The van der Waals surface area contributed by atoms with E-state index in [9.17, 15) is 9.90 Å². The molecule has 1 amide bonds. The molecule has 0 spiro atoms. The van der Waals surface area contributed by atoms with Gasteiger partial charge in [0.15, 0.2) is 5.82 Å². The highest BCUT2D eigenvalue weighted by atomic mass is 16.3. The van der Waals surface area contributed by atoms with E-state index in [0.717, 1.165) is 5.56 Å². The number of rotatable bonds is 6. The van der Waals surface area contributed by atoms with Crippen molar-refractivity contribution in [1.29, 1.82) is 0 Å². The SMILES string of the molecule is Cc1nnnn1-c1ccccc1C(=O)N[C@H](CO)Cc1ccccc1. The van der Waals surface area contributed by atoms with Crippen molar-refractivity contribution in [3.05, 3.63) is 71.5 Å². The Hall–Kier alpha value is -3.06. The number of amides is 1. The summed E-state index contributed by atoms with van der Waals surface area (Å²) >= 11 is 0. The molecule has 0 aliphatic carbocycles. The Kier molecular flexibility index (Phi) is 5.15. The molecule has 3 rings (SSSR count). The minimum absolute atomic E-state index is 0.146. The molecule has 7 heteroatoms. The molecule has 1 heterocycles. The summed E-state index contributed by atoms with van der Waals surface area (Å²) < 4.78 is 1.51. The molecular weight excluding hydrogens is 318 g/mol. The molecule has 0 saturated heterocycles. The van der Waals surface area contributed by atoms with E-state index in [2.05, 4.69) is 20.8 Å². The summed E-state index contributed by atoms with van der Waals surface area (Å²) in [7, 11) is 0. The van der Waals surface area contributed by atoms with Gasteiger partial charge in [0.05, 0.1) is 23.9 Å². The van der Waals surface area contributed by atoms with Crippen molar-refractivity contribution < 1.29 is 9.90 Å². The normalized spacial score (nSPS) is 11.9. The maximum Gasteiger partial charge on any atom is 0.253 e. The second-order valence-corrected chi connectivity index (χ2v) is 5.70. The van der Waals surface area contributed by atoms with Crippen LogP contribution in [0, 0.1) is 6.92 Å². The molecule has 2 N–H and O–H groups in total. The fourth-order valence-corrected chi connectivity index (χ4v) is 2.63. The molecule has 1 aromatic heterocycles. The van der Waals surface area contributed by atoms with Gasteiger partial charge in [0.25, 0.3) is 5.91 Å². The number of hydrogen-bond acceptors (Lipinski definition) is 5. The van der Waals surface area contributed by atoms with E-state index >= 15 is 0 Å². The third-order valence-electron chi connectivity index (χ3n) is 3.88. The maximum atomic E-state index is 12.7. The lowest BCUT2D eigenvalue weighted by Crippen LogP contribution is -2.39. The summed E-state index contributed by atoms with van der Waals surface area (Å²) in [6, 6.07) is 16.4. The van der Waals surface area contributed by atoms with Crippen LogP contribution in [0.15, 0.2) is 54.6 Å². The summed E-state index contributed by atoms with van der Waals surface area (Å²) in [6.45, 7) is 1.62. The van der Waals surface area contributed by atoms with E-state index in [4.69, 9.17) is 0 Å². The van der Waals surface area contributed by atoms with Gasteiger partial charge in [-0.25, -0.2) is 0 Å². The first kappa shape index (κ1) is 16.8. The molecule has 25 heavy (non-hydrogen) atoms. The first-order chi connectivity index (χ1) is 12.2. The Morgan fingerprint density at radius 2 is 1.88 bits per heavy atom.